The normalized spacial score (nSPS) is 12.0. The van der Waals surface area contributed by atoms with Crippen LogP contribution in [0.15, 0.2) is 47.6 Å². The van der Waals surface area contributed by atoms with Crippen molar-refractivity contribution in [3.05, 3.63) is 53.6 Å². The number of rotatable bonds is 5. The number of hydrogen-bond donors (Lipinski definition) is 2. The monoisotopic (exact) mass is 396 g/mol. The molecule has 0 aliphatic carbocycles. The van der Waals surface area contributed by atoms with Crippen molar-refractivity contribution in [3.63, 3.8) is 0 Å². The molecule has 0 spiro atoms. The van der Waals surface area contributed by atoms with Crippen LogP contribution in [0.1, 0.15) is 25.0 Å². The third-order valence-electron chi connectivity index (χ3n) is 4.45. The number of nitrogens with one attached hydrogen (secondary N) is 2. The van der Waals surface area contributed by atoms with Crippen molar-refractivity contribution in [2.45, 2.75) is 44.6 Å². The molecule has 3 rings (SSSR count). The number of carbonyl (C=O) groups is 2. The number of imidazole rings is 1. The second-order valence-corrected chi connectivity index (χ2v) is 7.96. The van der Waals surface area contributed by atoms with E-state index in [-0.39, 0.29) is 5.91 Å². The second kappa shape index (κ2) is 8.48. The molecule has 2 N–H and O–H groups in total. The average Bonchev–Trinajstić information content (AvgIpc) is 3.00. The van der Waals surface area contributed by atoms with E-state index in [1.807, 2.05) is 63.2 Å². The van der Waals surface area contributed by atoms with E-state index in [4.69, 9.17) is 0 Å². The van der Waals surface area contributed by atoms with E-state index in [1.165, 1.54) is 11.8 Å². The van der Waals surface area contributed by atoms with Crippen molar-refractivity contribution in [1.29, 1.82) is 0 Å². The number of benzene rings is 2. The summed E-state index contributed by atoms with van der Waals surface area (Å²) in [4.78, 5) is 29.3. The molecule has 1 atom stereocenters. The second-order valence-electron chi connectivity index (χ2n) is 6.65. The predicted molar refractivity (Wildman–Crippen MR) is 114 cm³/mol. The van der Waals surface area contributed by atoms with E-state index in [0.717, 1.165) is 33.9 Å². The molecule has 7 heteroatoms. The first-order valence-corrected chi connectivity index (χ1v) is 10.1. The highest BCUT2D eigenvalue weighted by atomic mass is 32.2. The van der Waals surface area contributed by atoms with Crippen LogP contribution in [-0.2, 0) is 11.3 Å². The average molecular weight is 397 g/mol. The number of fused-ring (bicyclic) bond motifs is 1. The highest BCUT2D eigenvalue weighted by molar-refractivity contribution is 8.00. The quantitative estimate of drug-likeness (QED) is 0.623. The Labute approximate surface area is 168 Å². The largest absolute Gasteiger partial charge is 0.325 e. The molecule has 6 nitrogen and oxygen atoms in total. The van der Waals surface area contributed by atoms with Gasteiger partial charge in [-0.3, -0.25) is 10.1 Å². The number of urea groups is 1. The Kier molecular flexibility index (Phi) is 6.04. The maximum Gasteiger partial charge on any atom is 0.325 e. The maximum atomic E-state index is 12.5. The number of amides is 3. The first-order chi connectivity index (χ1) is 13.4. The van der Waals surface area contributed by atoms with Gasteiger partial charge in [-0.05, 0) is 51.5 Å². The summed E-state index contributed by atoms with van der Waals surface area (Å²) < 4.78 is 2.07. The van der Waals surface area contributed by atoms with Crippen LogP contribution < -0.4 is 10.6 Å². The molecule has 28 heavy (non-hydrogen) atoms. The third-order valence-corrected chi connectivity index (χ3v) is 5.54. The van der Waals surface area contributed by atoms with Gasteiger partial charge in [-0.2, -0.15) is 0 Å². The number of carbonyl (C=O) groups excluding carboxylic acids is 2. The number of imide groups is 1. The number of anilines is 1. The van der Waals surface area contributed by atoms with Crippen molar-refractivity contribution in [3.8, 4) is 0 Å². The lowest BCUT2D eigenvalue weighted by Crippen LogP contribution is -2.39. The maximum absolute atomic E-state index is 12.5. The van der Waals surface area contributed by atoms with E-state index < -0.39 is 11.3 Å². The molecule has 0 aliphatic rings. The fraction of sp³-hybridized carbons (Fsp3) is 0.286. The van der Waals surface area contributed by atoms with E-state index >= 15 is 0 Å². The van der Waals surface area contributed by atoms with Gasteiger partial charge in [0.1, 0.15) is 0 Å². The van der Waals surface area contributed by atoms with Crippen LogP contribution in [0.4, 0.5) is 10.5 Å². The van der Waals surface area contributed by atoms with Gasteiger partial charge in [0.15, 0.2) is 5.16 Å². The van der Waals surface area contributed by atoms with Crippen LogP contribution in [0.5, 0.6) is 0 Å². The van der Waals surface area contributed by atoms with Crippen molar-refractivity contribution in [1.82, 2.24) is 14.9 Å². The van der Waals surface area contributed by atoms with Gasteiger partial charge in [0.2, 0.25) is 5.91 Å². The molecule has 0 saturated heterocycles. The number of nitrogens with zero attached hydrogens (tertiary/aromatic N) is 2. The van der Waals surface area contributed by atoms with Crippen molar-refractivity contribution < 1.29 is 9.59 Å². The summed E-state index contributed by atoms with van der Waals surface area (Å²) in [5.74, 6) is -0.359. The molecular weight excluding hydrogens is 372 g/mol. The summed E-state index contributed by atoms with van der Waals surface area (Å²) >= 11 is 1.34. The Balaban J connectivity index is 1.65. The topological polar surface area (TPSA) is 76.0 Å². The lowest BCUT2D eigenvalue weighted by Gasteiger charge is -2.13. The fourth-order valence-electron chi connectivity index (χ4n) is 2.98. The molecule has 0 bridgehead atoms. The van der Waals surface area contributed by atoms with E-state index in [0.29, 0.717) is 5.69 Å². The van der Waals surface area contributed by atoms with Crippen LogP contribution >= 0.6 is 11.8 Å². The molecule has 0 aliphatic heterocycles. The lowest BCUT2D eigenvalue weighted by atomic mass is 10.1. The Bertz CT molecular complexity index is 1030. The first-order valence-electron chi connectivity index (χ1n) is 9.20. The summed E-state index contributed by atoms with van der Waals surface area (Å²) in [5, 5.41) is 5.44. The summed E-state index contributed by atoms with van der Waals surface area (Å²) in [5.41, 5.74) is 4.67. The standard InChI is InChI=1S/C21H24N4O2S/c1-5-25-18-9-7-6-8-17(18)23-21(25)28-15(4)19(26)24-20(27)22-16-11-10-13(2)12-14(16)3/h6-12,15H,5H2,1-4H3,(H2,22,24,26,27). The van der Waals surface area contributed by atoms with Gasteiger partial charge in [0, 0.05) is 12.2 Å². The van der Waals surface area contributed by atoms with E-state index in [2.05, 4.69) is 20.2 Å². The fourth-order valence-corrected chi connectivity index (χ4v) is 3.97. The number of aryl methyl sites for hydroxylation is 3. The van der Waals surface area contributed by atoms with E-state index in [9.17, 15) is 9.59 Å². The van der Waals surface area contributed by atoms with Crippen LogP contribution in [0.3, 0.4) is 0 Å². The Morgan fingerprint density at radius 1 is 1.18 bits per heavy atom. The molecule has 0 fully saturated rings. The highest BCUT2D eigenvalue weighted by Crippen LogP contribution is 2.27. The zero-order valence-electron chi connectivity index (χ0n) is 16.4. The number of hydrogen-bond acceptors (Lipinski definition) is 4. The Morgan fingerprint density at radius 3 is 2.64 bits per heavy atom. The molecule has 1 aromatic heterocycles. The molecule has 1 unspecified atom stereocenters. The van der Waals surface area contributed by atoms with Gasteiger partial charge in [0.25, 0.3) is 0 Å². The van der Waals surface area contributed by atoms with Gasteiger partial charge in [-0.15, -0.1) is 0 Å². The lowest BCUT2D eigenvalue weighted by molar-refractivity contribution is -0.119. The Morgan fingerprint density at radius 2 is 1.93 bits per heavy atom. The first kappa shape index (κ1) is 19.9. The summed E-state index contributed by atoms with van der Waals surface area (Å²) in [7, 11) is 0. The van der Waals surface area contributed by atoms with Crippen molar-refractivity contribution in [2.75, 3.05) is 5.32 Å². The zero-order chi connectivity index (χ0) is 20.3. The van der Waals surface area contributed by atoms with Crippen LogP contribution in [0.25, 0.3) is 11.0 Å². The van der Waals surface area contributed by atoms with Crippen molar-refractivity contribution in [2.24, 2.45) is 0 Å². The minimum atomic E-state index is -0.534. The molecule has 3 amide bonds. The third kappa shape index (κ3) is 4.36. The summed E-state index contributed by atoms with van der Waals surface area (Å²) in [6.07, 6.45) is 0. The minimum Gasteiger partial charge on any atom is -0.319 e. The van der Waals surface area contributed by atoms with Crippen LogP contribution in [0, 0.1) is 13.8 Å². The SMILES string of the molecule is CCn1c(SC(C)C(=O)NC(=O)Nc2ccc(C)cc2C)nc2ccccc21. The summed E-state index contributed by atoms with van der Waals surface area (Å²) in [6, 6.07) is 13.1. The minimum absolute atomic E-state index is 0.359. The predicted octanol–water partition coefficient (Wildman–Crippen LogP) is 4.50. The zero-order valence-corrected chi connectivity index (χ0v) is 17.3. The number of thioether (sulfide) groups is 1. The molecule has 2 aromatic carbocycles. The van der Waals surface area contributed by atoms with Gasteiger partial charge < -0.3 is 9.88 Å². The summed E-state index contributed by atoms with van der Waals surface area (Å²) in [6.45, 7) is 8.47. The molecule has 0 saturated carbocycles. The molecule has 0 radical (unpaired) electrons. The van der Waals surface area contributed by atoms with Gasteiger partial charge in [-0.25, -0.2) is 9.78 Å². The molecular formula is C21H24N4O2S. The number of para-hydroxylation sites is 2. The van der Waals surface area contributed by atoms with Gasteiger partial charge in [-0.1, -0.05) is 41.6 Å². The van der Waals surface area contributed by atoms with Gasteiger partial charge >= 0.3 is 6.03 Å². The molecule has 146 valence electrons. The molecule has 1 heterocycles. The Hall–Kier alpha value is -2.80. The van der Waals surface area contributed by atoms with Gasteiger partial charge in [0.05, 0.1) is 16.3 Å². The van der Waals surface area contributed by atoms with Crippen molar-refractivity contribution >= 4 is 40.4 Å². The molecule has 3 aromatic rings. The van der Waals surface area contributed by atoms with E-state index in [1.54, 1.807) is 6.92 Å². The highest BCUT2D eigenvalue weighted by Gasteiger charge is 2.21. The smallest absolute Gasteiger partial charge is 0.319 e. The van der Waals surface area contributed by atoms with Crippen LogP contribution in [-0.4, -0.2) is 26.7 Å². The number of aromatic nitrogens is 2. The van der Waals surface area contributed by atoms with Crippen LogP contribution in [0.2, 0.25) is 0 Å².